The summed E-state index contributed by atoms with van der Waals surface area (Å²) < 4.78 is 7.25. The van der Waals surface area contributed by atoms with Gasteiger partial charge in [0.05, 0.1) is 4.47 Å². The minimum Gasteiger partial charge on any atom is -0.455 e. The molecule has 0 atom stereocenters. The molecule has 0 bridgehead atoms. The van der Waals surface area contributed by atoms with Gasteiger partial charge in [-0.15, -0.1) is 0 Å². The molecule has 5 aromatic carbocycles. The van der Waals surface area contributed by atoms with E-state index in [4.69, 9.17) is 19.4 Å². The van der Waals surface area contributed by atoms with Crippen LogP contribution in [-0.4, -0.2) is 15.0 Å². The lowest BCUT2D eigenvalue weighted by atomic mass is 10.0. The van der Waals surface area contributed by atoms with Crippen molar-refractivity contribution in [2.24, 2.45) is 0 Å². The molecular formula is C33H20BrN3O. The first-order valence-electron chi connectivity index (χ1n) is 12.3. The number of benzene rings is 5. The lowest BCUT2D eigenvalue weighted by molar-refractivity contribution is 0.667. The van der Waals surface area contributed by atoms with Gasteiger partial charge >= 0.3 is 0 Å². The van der Waals surface area contributed by atoms with Gasteiger partial charge in [0.25, 0.3) is 0 Å². The normalized spacial score (nSPS) is 11.3. The topological polar surface area (TPSA) is 51.8 Å². The maximum atomic E-state index is 6.35. The Bertz CT molecular complexity index is 1860. The van der Waals surface area contributed by atoms with Crippen LogP contribution in [0.1, 0.15) is 0 Å². The Balaban J connectivity index is 1.51. The first kappa shape index (κ1) is 22.6. The number of aromatic nitrogens is 3. The largest absolute Gasteiger partial charge is 0.455 e. The third-order valence-electron chi connectivity index (χ3n) is 6.60. The maximum Gasteiger partial charge on any atom is 0.164 e. The van der Waals surface area contributed by atoms with E-state index in [0.29, 0.717) is 17.5 Å². The van der Waals surface area contributed by atoms with Crippen LogP contribution in [0.15, 0.2) is 130 Å². The minimum atomic E-state index is 0.604. The highest BCUT2D eigenvalue weighted by Crippen LogP contribution is 2.41. The van der Waals surface area contributed by atoms with E-state index >= 15 is 0 Å². The van der Waals surface area contributed by atoms with Crippen LogP contribution in [0.5, 0.6) is 0 Å². The summed E-state index contributed by atoms with van der Waals surface area (Å²) >= 11 is 3.75. The van der Waals surface area contributed by atoms with Gasteiger partial charge in [-0.2, -0.15) is 0 Å². The fourth-order valence-electron chi connectivity index (χ4n) is 4.80. The average molecular weight is 554 g/mol. The molecule has 7 aromatic rings. The standard InChI is InChI=1S/C33H20BrN3O/c34-27-20-24(21-11-4-1-5-12-21)19-26-29-25(17-10-18-28(29)38-30(26)27)33-36-31(22-13-6-2-7-14-22)35-32(37-33)23-15-8-3-9-16-23/h1-20H. The molecule has 7 rings (SSSR count). The molecule has 0 aliphatic heterocycles. The van der Waals surface area contributed by atoms with Gasteiger partial charge in [-0.1, -0.05) is 103 Å². The zero-order valence-corrected chi connectivity index (χ0v) is 21.8. The fraction of sp³-hybridized carbons (Fsp3) is 0. The van der Waals surface area contributed by atoms with E-state index in [1.165, 1.54) is 0 Å². The molecule has 0 saturated carbocycles. The molecule has 180 valence electrons. The van der Waals surface area contributed by atoms with E-state index < -0.39 is 0 Å². The molecule has 0 spiro atoms. The second-order valence-corrected chi connectivity index (χ2v) is 9.87. The minimum absolute atomic E-state index is 0.604. The van der Waals surface area contributed by atoms with E-state index in [9.17, 15) is 0 Å². The van der Waals surface area contributed by atoms with Crippen molar-refractivity contribution in [3.63, 3.8) is 0 Å². The van der Waals surface area contributed by atoms with Crippen molar-refractivity contribution in [2.45, 2.75) is 0 Å². The Morgan fingerprint density at radius 3 is 1.66 bits per heavy atom. The molecule has 4 nitrogen and oxygen atoms in total. The molecule has 2 aromatic heterocycles. The quantitative estimate of drug-likeness (QED) is 0.218. The van der Waals surface area contributed by atoms with Gasteiger partial charge < -0.3 is 4.42 Å². The predicted molar refractivity (Wildman–Crippen MR) is 157 cm³/mol. The van der Waals surface area contributed by atoms with Gasteiger partial charge in [-0.3, -0.25) is 0 Å². The van der Waals surface area contributed by atoms with Crippen molar-refractivity contribution in [3.05, 3.63) is 126 Å². The Morgan fingerprint density at radius 2 is 1.05 bits per heavy atom. The van der Waals surface area contributed by atoms with Crippen LogP contribution in [0.3, 0.4) is 0 Å². The Morgan fingerprint density at radius 1 is 0.500 bits per heavy atom. The average Bonchev–Trinajstić information content (AvgIpc) is 3.38. The van der Waals surface area contributed by atoms with Crippen molar-refractivity contribution >= 4 is 37.9 Å². The van der Waals surface area contributed by atoms with Crippen molar-refractivity contribution in [1.29, 1.82) is 0 Å². The Labute approximate surface area is 227 Å². The lowest BCUT2D eigenvalue weighted by Gasteiger charge is -2.09. The summed E-state index contributed by atoms with van der Waals surface area (Å²) in [6.07, 6.45) is 0. The van der Waals surface area contributed by atoms with E-state index in [-0.39, 0.29) is 0 Å². The highest BCUT2D eigenvalue weighted by Gasteiger charge is 2.19. The van der Waals surface area contributed by atoms with Gasteiger partial charge in [0.1, 0.15) is 11.2 Å². The van der Waals surface area contributed by atoms with Crippen LogP contribution in [0.4, 0.5) is 0 Å². The number of fused-ring (bicyclic) bond motifs is 3. The van der Waals surface area contributed by atoms with Crippen LogP contribution in [0.2, 0.25) is 0 Å². The van der Waals surface area contributed by atoms with Gasteiger partial charge in [-0.25, -0.2) is 15.0 Å². The monoisotopic (exact) mass is 553 g/mol. The Hall–Kier alpha value is -4.61. The fourth-order valence-corrected chi connectivity index (χ4v) is 5.34. The highest BCUT2D eigenvalue weighted by molar-refractivity contribution is 9.10. The molecule has 0 fully saturated rings. The smallest absolute Gasteiger partial charge is 0.164 e. The SMILES string of the molecule is Brc1cc(-c2ccccc2)cc2c1oc1cccc(-c3nc(-c4ccccc4)nc(-c4ccccc4)n3)c12. The number of furan rings is 1. The third kappa shape index (κ3) is 3.98. The summed E-state index contributed by atoms with van der Waals surface area (Å²) in [5, 5.41) is 1.98. The van der Waals surface area contributed by atoms with E-state index in [0.717, 1.165) is 54.2 Å². The van der Waals surface area contributed by atoms with E-state index in [2.05, 4.69) is 46.3 Å². The molecular weight excluding hydrogens is 534 g/mol. The van der Waals surface area contributed by atoms with Crippen molar-refractivity contribution in [2.75, 3.05) is 0 Å². The zero-order valence-electron chi connectivity index (χ0n) is 20.2. The summed E-state index contributed by atoms with van der Waals surface area (Å²) in [4.78, 5) is 14.8. The van der Waals surface area contributed by atoms with E-state index in [1.54, 1.807) is 0 Å². The summed E-state index contributed by atoms with van der Waals surface area (Å²) in [5.74, 6) is 1.86. The first-order valence-corrected chi connectivity index (χ1v) is 13.1. The molecule has 2 heterocycles. The summed E-state index contributed by atoms with van der Waals surface area (Å²) in [6, 6.07) is 40.7. The molecule has 0 amide bonds. The number of rotatable bonds is 4. The second kappa shape index (κ2) is 9.36. The highest BCUT2D eigenvalue weighted by atomic mass is 79.9. The van der Waals surface area contributed by atoms with Gasteiger partial charge in [0, 0.05) is 27.5 Å². The van der Waals surface area contributed by atoms with Crippen LogP contribution in [0, 0.1) is 0 Å². The van der Waals surface area contributed by atoms with Crippen molar-refractivity contribution in [3.8, 4) is 45.3 Å². The number of halogens is 1. The van der Waals surface area contributed by atoms with E-state index in [1.807, 2.05) is 91.0 Å². The molecule has 5 heteroatoms. The summed E-state index contributed by atoms with van der Waals surface area (Å²) in [5.41, 5.74) is 6.60. The van der Waals surface area contributed by atoms with Crippen molar-refractivity contribution < 1.29 is 4.42 Å². The maximum absolute atomic E-state index is 6.35. The lowest BCUT2D eigenvalue weighted by Crippen LogP contribution is -2.00. The van der Waals surface area contributed by atoms with Crippen molar-refractivity contribution in [1.82, 2.24) is 15.0 Å². The molecule has 0 unspecified atom stereocenters. The first-order chi connectivity index (χ1) is 18.7. The van der Waals surface area contributed by atoms with Gasteiger partial charge in [0.15, 0.2) is 17.5 Å². The number of hydrogen-bond acceptors (Lipinski definition) is 4. The summed E-state index contributed by atoms with van der Waals surface area (Å²) in [7, 11) is 0. The zero-order chi connectivity index (χ0) is 25.5. The molecule has 0 radical (unpaired) electrons. The molecule has 0 aliphatic rings. The number of nitrogens with zero attached hydrogens (tertiary/aromatic N) is 3. The van der Waals surface area contributed by atoms with Crippen LogP contribution < -0.4 is 0 Å². The predicted octanol–water partition coefficient (Wildman–Crippen LogP) is 9.20. The van der Waals surface area contributed by atoms with Crippen LogP contribution in [0.25, 0.3) is 67.2 Å². The third-order valence-corrected chi connectivity index (χ3v) is 7.19. The van der Waals surface area contributed by atoms with Gasteiger partial charge in [-0.05, 0) is 45.3 Å². The molecule has 38 heavy (non-hydrogen) atoms. The second-order valence-electron chi connectivity index (χ2n) is 9.02. The van der Waals surface area contributed by atoms with Gasteiger partial charge in [0.2, 0.25) is 0 Å². The Kier molecular flexibility index (Phi) is 5.56. The molecule has 0 saturated heterocycles. The molecule has 0 aliphatic carbocycles. The van der Waals surface area contributed by atoms with Crippen LogP contribution in [-0.2, 0) is 0 Å². The summed E-state index contributed by atoms with van der Waals surface area (Å²) in [6.45, 7) is 0. The molecule has 0 N–H and O–H groups in total. The number of hydrogen-bond donors (Lipinski definition) is 0. The van der Waals surface area contributed by atoms with Crippen LogP contribution >= 0.6 is 15.9 Å².